The first-order valence-electron chi connectivity index (χ1n) is 7.86. The maximum Gasteiger partial charge on any atom is 0.271 e. The Balaban J connectivity index is 2.06. The Morgan fingerprint density at radius 2 is 1.88 bits per heavy atom. The van der Waals surface area contributed by atoms with Crippen LogP contribution in [0.15, 0.2) is 51.5 Å². The minimum absolute atomic E-state index is 0.0455. The van der Waals surface area contributed by atoms with Crippen molar-refractivity contribution in [2.24, 2.45) is 0 Å². The highest BCUT2D eigenvalue weighted by Crippen LogP contribution is 2.31. The number of benzene rings is 1. The number of furan rings is 1. The molecule has 0 atom stereocenters. The van der Waals surface area contributed by atoms with Gasteiger partial charge in [0.25, 0.3) is 11.8 Å². The van der Waals surface area contributed by atoms with Crippen molar-refractivity contribution in [3.8, 4) is 17.4 Å². The third-order valence-corrected chi connectivity index (χ3v) is 4.80. The molecule has 26 heavy (non-hydrogen) atoms. The quantitative estimate of drug-likeness (QED) is 0.591. The van der Waals surface area contributed by atoms with Crippen LogP contribution in [0.4, 0.5) is 0 Å². The second-order valence-electron chi connectivity index (χ2n) is 5.95. The van der Waals surface area contributed by atoms with Gasteiger partial charge in [0.15, 0.2) is 0 Å². The van der Waals surface area contributed by atoms with Crippen molar-refractivity contribution < 1.29 is 14.0 Å². The van der Waals surface area contributed by atoms with Crippen LogP contribution in [0.2, 0.25) is 5.02 Å². The predicted octanol–water partition coefficient (Wildman–Crippen LogP) is 4.13. The zero-order chi connectivity index (χ0) is 19.0. The molecule has 2 amide bonds. The first-order valence-corrected chi connectivity index (χ1v) is 8.23. The average Bonchev–Trinajstić information content (AvgIpc) is 3.08. The fraction of sp³-hybridized carbons (Fsp3) is 0.150. The van der Waals surface area contributed by atoms with E-state index in [9.17, 15) is 14.9 Å². The molecule has 2 aromatic rings. The molecule has 1 aliphatic rings. The van der Waals surface area contributed by atoms with Gasteiger partial charge < -0.3 is 4.42 Å². The van der Waals surface area contributed by atoms with E-state index >= 15 is 0 Å². The number of imide groups is 1. The number of nitriles is 1. The molecule has 1 aromatic heterocycles. The van der Waals surface area contributed by atoms with E-state index in [-0.39, 0.29) is 11.1 Å². The average molecular weight is 367 g/mol. The summed E-state index contributed by atoms with van der Waals surface area (Å²) in [4.78, 5) is 25.3. The van der Waals surface area contributed by atoms with Crippen molar-refractivity contribution in [3.63, 3.8) is 0 Å². The molecule has 0 N–H and O–H groups in total. The van der Waals surface area contributed by atoms with E-state index in [0.717, 1.165) is 16.0 Å². The molecule has 1 aromatic carbocycles. The highest BCUT2D eigenvalue weighted by Gasteiger charge is 2.33. The number of likely N-dealkylation sites (N-methyl/N-ethyl adjacent to an activating group) is 1. The summed E-state index contributed by atoms with van der Waals surface area (Å²) < 4.78 is 5.84. The van der Waals surface area contributed by atoms with Crippen LogP contribution in [-0.4, -0.2) is 23.8 Å². The maximum atomic E-state index is 12.4. The molecular weight excluding hydrogens is 352 g/mol. The number of carbonyl (C=O) groups excluding carboxylic acids is 2. The maximum absolute atomic E-state index is 12.4. The zero-order valence-corrected chi connectivity index (χ0v) is 15.2. The number of hydrogen-bond acceptors (Lipinski definition) is 4. The third-order valence-electron chi connectivity index (χ3n) is 4.39. The number of nitrogens with zero attached hydrogens (tertiary/aromatic N) is 2. The highest BCUT2D eigenvalue weighted by molar-refractivity contribution is 6.31. The fourth-order valence-electron chi connectivity index (χ4n) is 2.79. The lowest BCUT2D eigenvalue weighted by Crippen LogP contribution is -2.39. The lowest BCUT2D eigenvalue weighted by atomic mass is 9.95. The predicted molar refractivity (Wildman–Crippen MR) is 98.0 cm³/mol. The number of rotatable bonds is 2. The van der Waals surface area contributed by atoms with Crippen molar-refractivity contribution in [2.45, 2.75) is 13.8 Å². The highest BCUT2D eigenvalue weighted by atomic mass is 35.5. The second kappa shape index (κ2) is 6.66. The van der Waals surface area contributed by atoms with E-state index in [1.807, 2.05) is 25.1 Å². The van der Waals surface area contributed by atoms with Crippen LogP contribution in [0.3, 0.4) is 0 Å². The Labute approximate surface area is 155 Å². The molecular formula is C20H15ClN2O3. The second-order valence-corrected chi connectivity index (χ2v) is 6.36. The Bertz CT molecular complexity index is 1040. The molecule has 5 nitrogen and oxygen atoms in total. The van der Waals surface area contributed by atoms with Gasteiger partial charge in [0.2, 0.25) is 0 Å². The standard InChI is InChI=1S/C20H15ClN2O3/c1-11-15(19(24)23(3)20(25)16(11)10-22)9-13-7-8-18(26-13)14-5-4-6-17(21)12(14)2/h4-9H,1-3H3/b15-9+. The van der Waals surface area contributed by atoms with Crippen molar-refractivity contribution in [1.82, 2.24) is 4.90 Å². The smallest absolute Gasteiger partial charge is 0.271 e. The SMILES string of the molecule is CC1=C(C#N)C(=O)N(C)C(=O)/C1=C/c1ccc(-c2cccc(Cl)c2C)o1. The number of hydrogen-bond donors (Lipinski definition) is 0. The summed E-state index contributed by atoms with van der Waals surface area (Å²) in [7, 11) is 1.35. The lowest BCUT2D eigenvalue weighted by Gasteiger charge is -2.23. The first kappa shape index (κ1) is 17.7. The lowest BCUT2D eigenvalue weighted by molar-refractivity contribution is -0.138. The molecule has 0 saturated carbocycles. The van der Waals surface area contributed by atoms with Crippen molar-refractivity contribution >= 4 is 29.5 Å². The summed E-state index contributed by atoms with van der Waals surface area (Å²) >= 11 is 6.15. The van der Waals surface area contributed by atoms with E-state index in [1.54, 1.807) is 31.2 Å². The van der Waals surface area contributed by atoms with Gasteiger partial charge in [-0.1, -0.05) is 23.7 Å². The topological polar surface area (TPSA) is 74.3 Å². The van der Waals surface area contributed by atoms with E-state index in [4.69, 9.17) is 16.0 Å². The number of halogens is 1. The van der Waals surface area contributed by atoms with E-state index in [1.165, 1.54) is 7.05 Å². The van der Waals surface area contributed by atoms with Crippen LogP contribution in [0.1, 0.15) is 18.2 Å². The van der Waals surface area contributed by atoms with E-state index in [0.29, 0.717) is 22.1 Å². The first-order chi connectivity index (χ1) is 12.3. The minimum Gasteiger partial charge on any atom is -0.457 e. The molecule has 1 aliphatic heterocycles. The molecule has 2 heterocycles. The van der Waals surface area contributed by atoms with Crippen LogP contribution in [0, 0.1) is 18.3 Å². The molecule has 0 spiro atoms. The van der Waals surface area contributed by atoms with E-state index in [2.05, 4.69) is 0 Å². The summed E-state index contributed by atoms with van der Waals surface area (Å²) in [5.74, 6) is -0.000912. The van der Waals surface area contributed by atoms with Gasteiger partial charge >= 0.3 is 0 Å². The molecule has 0 unspecified atom stereocenters. The summed E-state index contributed by atoms with van der Waals surface area (Å²) in [6.45, 7) is 3.48. The monoisotopic (exact) mass is 366 g/mol. The van der Waals surface area contributed by atoms with Gasteiger partial charge in [0.05, 0.1) is 0 Å². The van der Waals surface area contributed by atoms with Gasteiger partial charge in [-0.2, -0.15) is 5.26 Å². The van der Waals surface area contributed by atoms with Gasteiger partial charge in [0, 0.05) is 23.2 Å². The number of carbonyl (C=O) groups is 2. The normalized spacial score (nSPS) is 16.4. The fourth-order valence-corrected chi connectivity index (χ4v) is 2.96. The molecule has 0 fully saturated rings. The van der Waals surface area contributed by atoms with Crippen LogP contribution in [0.25, 0.3) is 17.4 Å². The van der Waals surface area contributed by atoms with Crippen LogP contribution < -0.4 is 0 Å². The molecule has 130 valence electrons. The summed E-state index contributed by atoms with van der Waals surface area (Å²) in [6, 6.07) is 10.9. The number of amides is 2. The largest absolute Gasteiger partial charge is 0.457 e. The van der Waals surface area contributed by atoms with Gasteiger partial charge in [0.1, 0.15) is 23.2 Å². The minimum atomic E-state index is -0.596. The van der Waals surface area contributed by atoms with Gasteiger partial charge in [-0.05, 0) is 49.3 Å². The Morgan fingerprint density at radius 1 is 1.15 bits per heavy atom. The van der Waals surface area contributed by atoms with Crippen LogP contribution in [0.5, 0.6) is 0 Å². The third kappa shape index (κ3) is 2.85. The van der Waals surface area contributed by atoms with Gasteiger partial charge in [-0.15, -0.1) is 0 Å². The molecule has 0 radical (unpaired) electrons. The summed E-state index contributed by atoms with van der Waals surface area (Å²) in [5.41, 5.74) is 2.31. The van der Waals surface area contributed by atoms with E-state index < -0.39 is 11.8 Å². The Kier molecular flexibility index (Phi) is 4.54. The van der Waals surface area contributed by atoms with Gasteiger partial charge in [-0.3, -0.25) is 14.5 Å². The Hall–Kier alpha value is -3.10. The Morgan fingerprint density at radius 3 is 2.58 bits per heavy atom. The molecule has 0 bridgehead atoms. The van der Waals surface area contributed by atoms with Crippen molar-refractivity contribution in [3.05, 3.63) is 63.4 Å². The zero-order valence-electron chi connectivity index (χ0n) is 14.5. The molecule has 3 rings (SSSR count). The van der Waals surface area contributed by atoms with Crippen molar-refractivity contribution in [2.75, 3.05) is 7.05 Å². The van der Waals surface area contributed by atoms with Crippen LogP contribution >= 0.6 is 11.6 Å². The molecule has 6 heteroatoms. The molecule has 0 aliphatic carbocycles. The summed E-state index contributed by atoms with van der Waals surface area (Å²) in [6.07, 6.45) is 1.54. The van der Waals surface area contributed by atoms with Crippen LogP contribution in [-0.2, 0) is 9.59 Å². The molecule has 0 saturated heterocycles. The van der Waals surface area contributed by atoms with Gasteiger partial charge in [-0.25, -0.2) is 0 Å². The van der Waals surface area contributed by atoms with Crippen molar-refractivity contribution in [1.29, 1.82) is 5.26 Å². The summed E-state index contributed by atoms with van der Waals surface area (Å²) in [5, 5.41) is 9.84.